The summed E-state index contributed by atoms with van der Waals surface area (Å²) in [5.41, 5.74) is 4.36. The molecule has 0 bridgehead atoms. The van der Waals surface area contributed by atoms with E-state index in [-0.39, 0.29) is 5.91 Å². The number of halogens is 1. The summed E-state index contributed by atoms with van der Waals surface area (Å²) >= 11 is 7.61. The maximum Gasteiger partial charge on any atom is 0.279 e. The summed E-state index contributed by atoms with van der Waals surface area (Å²) in [6.45, 7) is 2.87. The fourth-order valence-corrected chi connectivity index (χ4v) is 4.68. The number of carbonyl (C=O) groups is 1. The molecule has 0 radical (unpaired) electrons. The maximum absolute atomic E-state index is 12.6. The Hall–Kier alpha value is -2.17. The van der Waals surface area contributed by atoms with Crippen LogP contribution in [0.25, 0.3) is 11.3 Å². The van der Waals surface area contributed by atoms with Crippen molar-refractivity contribution in [1.29, 1.82) is 0 Å². The quantitative estimate of drug-likeness (QED) is 0.643. The molecule has 0 spiro atoms. The summed E-state index contributed by atoms with van der Waals surface area (Å²) in [4.78, 5) is 19.0. The van der Waals surface area contributed by atoms with Crippen molar-refractivity contribution in [1.82, 2.24) is 4.57 Å². The van der Waals surface area contributed by atoms with Crippen molar-refractivity contribution in [2.24, 2.45) is 4.99 Å². The zero-order valence-corrected chi connectivity index (χ0v) is 15.4. The van der Waals surface area contributed by atoms with Crippen LogP contribution in [0.5, 0.6) is 0 Å². The molecule has 126 valence electrons. The minimum absolute atomic E-state index is 0.253. The van der Waals surface area contributed by atoms with Crippen molar-refractivity contribution in [3.8, 4) is 11.3 Å². The third kappa shape index (κ3) is 2.96. The van der Waals surface area contributed by atoms with Crippen molar-refractivity contribution in [3.05, 3.63) is 74.4 Å². The molecule has 5 heteroatoms. The smallest absolute Gasteiger partial charge is 0.279 e. The molecule has 0 fully saturated rings. The van der Waals surface area contributed by atoms with Crippen molar-refractivity contribution >= 4 is 28.8 Å². The minimum atomic E-state index is -0.253. The summed E-state index contributed by atoms with van der Waals surface area (Å²) < 4.78 is 2.15. The second kappa shape index (κ2) is 6.62. The first-order valence-electron chi connectivity index (χ1n) is 8.32. The van der Waals surface area contributed by atoms with Crippen molar-refractivity contribution in [2.75, 3.05) is 0 Å². The average molecular weight is 369 g/mol. The molecule has 0 unspecified atom stereocenters. The van der Waals surface area contributed by atoms with Gasteiger partial charge >= 0.3 is 0 Å². The lowest BCUT2D eigenvalue weighted by atomic mass is 9.93. The van der Waals surface area contributed by atoms with Gasteiger partial charge in [0.2, 0.25) is 0 Å². The zero-order valence-electron chi connectivity index (χ0n) is 13.8. The summed E-state index contributed by atoms with van der Waals surface area (Å²) in [6, 6.07) is 15.4. The first-order chi connectivity index (χ1) is 12.2. The molecule has 0 N–H and O–H groups in total. The van der Waals surface area contributed by atoms with Crippen LogP contribution in [0.1, 0.15) is 27.7 Å². The van der Waals surface area contributed by atoms with E-state index in [4.69, 9.17) is 11.6 Å². The third-order valence-electron chi connectivity index (χ3n) is 4.46. The molecule has 3 nitrogen and oxygen atoms in total. The SMILES string of the molecule is CCn1c2c(sc1=NC(=O)c1cccc(Cl)c1)CCc1ccccc1-2. The lowest BCUT2D eigenvalue weighted by Crippen LogP contribution is -2.18. The number of hydrogen-bond donors (Lipinski definition) is 0. The number of hydrogen-bond acceptors (Lipinski definition) is 2. The standard InChI is InChI=1S/C20H17ClN2OS/c1-2-23-18-16-9-4-3-6-13(16)10-11-17(18)25-20(23)22-19(24)14-7-5-8-15(21)12-14/h3-9,12H,2,10-11H2,1H3. The molecule has 0 atom stereocenters. The van der Waals surface area contributed by atoms with Gasteiger partial charge in [0, 0.05) is 27.6 Å². The highest BCUT2D eigenvalue weighted by Gasteiger charge is 2.22. The summed E-state index contributed by atoms with van der Waals surface area (Å²) in [5, 5.41) is 0.545. The Balaban J connectivity index is 1.85. The van der Waals surface area contributed by atoms with E-state index in [1.807, 2.05) is 0 Å². The van der Waals surface area contributed by atoms with Gasteiger partial charge in [-0.2, -0.15) is 4.99 Å². The molecule has 0 saturated heterocycles. The van der Waals surface area contributed by atoms with Crippen molar-refractivity contribution in [2.45, 2.75) is 26.3 Å². The fourth-order valence-electron chi connectivity index (χ4n) is 3.29. The topological polar surface area (TPSA) is 34.4 Å². The number of carbonyl (C=O) groups excluding carboxylic acids is 1. The Morgan fingerprint density at radius 2 is 2.04 bits per heavy atom. The van der Waals surface area contributed by atoms with Gasteiger partial charge in [0.25, 0.3) is 5.91 Å². The van der Waals surface area contributed by atoms with Gasteiger partial charge < -0.3 is 4.57 Å². The molecule has 1 amide bonds. The molecule has 1 heterocycles. The van der Waals surface area contributed by atoms with Gasteiger partial charge in [-0.3, -0.25) is 4.79 Å². The second-order valence-corrected chi connectivity index (χ2v) is 7.48. The van der Waals surface area contributed by atoms with Gasteiger partial charge in [0.05, 0.1) is 5.69 Å². The first-order valence-corrected chi connectivity index (χ1v) is 9.52. The molecule has 1 aliphatic rings. The second-order valence-electron chi connectivity index (χ2n) is 5.99. The van der Waals surface area contributed by atoms with Crippen LogP contribution in [-0.2, 0) is 19.4 Å². The molecule has 1 aromatic heterocycles. The van der Waals surface area contributed by atoms with E-state index in [0.29, 0.717) is 10.6 Å². The van der Waals surface area contributed by atoms with Crippen LogP contribution in [-0.4, -0.2) is 10.5 Å². The van der Waals surface area contributed by atoms with E-state index < -0.39 is 0 Å². The number of nitrogens with zero attached hydrogens (tertiary/aromatic N) is 2. The Bertz CT molecular complexity index is 1030. The predicted octanol–water partition coefficient (Wildman–Crippen LogP) is 4.73. The maximum atomic E-state index is 12.6. The van der Waals surface area contributed by atoms with Crippen LogP contribution in [0, 0.1) is 0 Å². The third-order valence-corrected chi connectivity index (χ3v) is 5.83. The molecule has 4 rings (SSSR count). The van der Waals surface area contributed by atoms with Gasteiger partial charge in [0.15, 0.2) is 4.80 Å². The van der Waals surface area contributed by atoms with Gasteiger partial charge in [0.1, 0.15) is 0 Å². The van der Waals surface area contributed by atoms with Crippen molar-refractivity contribution < 1.29 is 4.79 Å². The molecule has 1 aliphatic carbocycles. The molecule has 3 aromatic rings. The predicted molar refractivity (Wildman–Crippen MR) is 102 cm³/mol. The Morgan fingerprint density at radius 3 is 2.84 bits per heavy atom. The lowest BCUT2D eigenvalue weighted by molar-refractivity contribution is 0.0998. The number of benzene rings is 2. The van der Waals surface area contributed by atoms with E-state index in [0.717, 1.165) is 24.2 Å². The van der Waals surface area contributed by atoms with Crippen LogP contribution in [0.2, 0.25) is 5.02 Å². The fraction of sp³-hybridized carbons (Fsp3) is 0.200. The number of thiazole rings is 1. The highest BCUT2D eigenvalue weighted by molar-refractivity contribution is 7.09. The molecule has 25 heavy (non-hydrogen) atoms. The minimum Gasteiger partial charge on any atom is -0.316 e. The molecule has 0 aliphatic heterocycles. The summed E-state index contributed by atoms with van der Waals surface area (Å²) in [5.74, 6) is -0.253. The number of rotatable bonds is 2. The van der Waals surface area contributed by atoms with Crippen molar-refractivity contribution in [3.63, 3.8) is 0 Å². The first kappa shape index (κ1) is 16.3. The number of amides is 1. The van der Waals surface area contributed by atoms with Crippen LogP contribution in [0.4, 0.5) is 0 Å². The van der Waals surface area contributed by atoms with Gasteiger partial charge in [-0.1, -0.05) is 41.9 Å². The zero-order chi connectivity index (χ0) is 17.4. The van der Waals surface area contributed by atoms with Crippen LogP contribution < -0.4 is 4.80 Å². The monoisotopic (exact) mass is 368 g/mol. The van der Waals surface area contributed by atoms with E-state index >= 15 is 0 Å². The Kier molecular flexibility index (Phi) is 4.32. The Morgan fingerprint density at radius 1 is 1.20 bits per heavy atom. The molecular weight excluding hydrogens is 352 g/mol. The van der Waals surface area contributed by atoms with Gasteiger partial charge in [-0.25, -0.2) is 0 Å². The number of fused-ring (bicyclic) bond motifs is 3. The highest BCUT2D eigenvalue weighted by Crippen LogP contribution is 2.34. The van der Waals surface area contributed by atoms with E-state index in [2.05, 4.69) is 40.7 Å². The van der Waals surface area contributed by atoms with E-state index in [9.17, 15) is 4.79 Å². The van der Waals surface area contributed by atoms with E-state index in [1.54, 1.807) is 35.6 Å². The lowest BCUT2D eigenvalue weighted by Gasteiger charge is -2.17. The van der Waals surface area contributed by atoms with Crippen LogP contribution in [0.3, 0.4) is 0 Å². The van der Waals surface area contributed by atoms with Gasteiger partial charge in [-0.15, -0.1) is 11.3 Å². The van der Waals surface area contributed by atoms with Gasteiger partial charge in [-0.05, 0) is 43.5 Å². The van der Waals surface area contributed by atoms with E-state index in [1.165, 1.54) is 21.7 Å². The molecular formula is C20H17ClN2OS. The number of aromatic nitrogens is 1. The van der Waals surface area contributed by atoms with Crippen LogP contribution in [0.15, 0.2) is 53.5 Å². The highest BCUT2D eigenvalue weighted by atomic mass is 35.5. The normalized spacial score (nSPS) is 13.4. The molecule has 2 aromatic carbocycles. The molecule has 0 saturated carbocycles. The average Bonchev–Trinajstić information content (AvgIpc) is 2.99. The summed E-state index contributed by atoms with van der Waals surface area (Å²) in [6.07, 6.45) is 2.03. The number of aryl methyl sites for hydroxylation is 2. The van der Waals surface area contributed by atoms with Crippen LogP contribution >= 0.6 is 22.9 Å². The largest absolute Gasteiger partial charge is 0.316 e. The summed E-state index contributed by atoms with van der Waals surface area (Å²) in [7, 11) is 0. The Labute approximate surface area is 155 Å².